The Kier molecular flexibility index (Phi) is 6.86. The lowest BCUT2D eigenvalue weighted by atomic mass is 10.0. The Balaban J connectivity index is 2.18. The monoisotopic (exact) mass is 222 g/mol. The molecule has 0 amide bonds. The Morgan fingerprint density at radius 2 is 2.00 bits per heavy atom. The van der Waals surface area contributed by atoms with Gasteiger partial charge in [-0.25, -0.2) is 0 Å². The van der Waals surface area contributed by atoms with Gasteiger partial charge >= 0.3 is 0 Å². The number of benzene rings is 1. The minimum absolute atomic E-state index is 0.231. The van der Waals surface area contributed by atoms with Crippen molar-refractivity contribution in [1.82, 2.24) is 0 Å². The van der Waals surface area contributed by atoms with E-state index in [1.54, 1.807) is 0 Å². The van der Waals surface area contributed by atoms with Crippen LogP contribution in [0.15, 0.2) is 30.3 Å². The van der Waals surface area contributed by atoms with E-state index in [1.807, 2.05) is 18.2 Å². The molecule has 16 heavy (non-hydrogen) atoms. The molecular formula is C14H22O2. The standard InChI is InChI=1S/C14H22O2/c1-2-3-7-14(10-15)12-16-11-13-8-5-4-6-9-13/h4-6,8-9,14-15H,2-3,7,10-12H2,1H3. The second kappa shape index (κ2) is 8.31. The van der Waals surface area contributed by atoms with Crippen LogP contribution in [-0.2, 0) is 11.3 Å². The molecular weight excluding hydrogens is 200 g/mol. The molecule has 1 N–H and O–H groups in total. The van der Waals surface area contributed by atoms with Crippen molar-refractivity contribution < 1.29 is 9.84 Å². The van der Waals surface area contributed by atoms with E-state index >= 15 is 0 Å². The number of rotatable bonds is 8. The molecule has 1 unspecified atom stereocenters. The van der Waals surface area contributed by atoms with E-state index in [-0.39, 0.29) is 6.61 Å². The van der Waals surface area contributed by atoms with E-state index in [9.17, 15) is 0 Å². The molecule has 0 aromatic heterocycles. The van der Waals surface area contributed by atoms with Crippen molar-refractivity contribution in [2.75, 3.05) is 13.2 Å². The largest absolute Gasteiger partial charge is 0.396 e. The second-order valence-corrected chi connectivity index (χ2v) is 4.19. The zero-order valence-electron chi connectivity index (χ0n) is 10.1. The van der Waals surface area contributed by atoms with Crippen LogP contribution in [-0.4, -0.2) is 18.3 Å². The van der Waals surface area contributed by atoms with Gasteiger partial charge in [0.25, 0.3) is 0 Å². The maximum atomic E-state index is 9.17. The summed E-state index contributed by atoms with van der Waals surface area (Å²) >= 11 is 0. The predicted molar refractivity (Wildman–Crippen MR) is 66.2 cm³/mol. The smallest absolute Gasteiger partial charge is 0.0717 e. The molecule has 90 valence electrons. The fraction of sp³-hybridized carbons (Fsp3) is 0.571. The highest BCUT2D eigenvalue weighted by atomic mass is 16.5. The summed E-state index contributed by atoms with van der Waals surface area (Å²) in [6.07, 6.45) is 3.40. The summed E-state index contributed by atoms with van der Waals surface area (Å²) in [5.74, 6) is 0.295. The van der Waals surface area contributed by atoms with E-state index in [0.29, 0.717) is 19.1 Å². The summed E-state index contributed by atoms with van der Waals surface area (Å²) in [6, 6.07) is 10.1. The molecule has 1 aromatic carbocycles. The molecule has 0 aliphatic rings. The second-order valence-electron chi connectivity index (χ2n) is 4.19. The van der Waals surface area contributed by atoms with Gasteiger partial charge in [0.15, 0.2) is 0 Å². The van der Waals surface area contributed by atoms with Gasteiger partial charge in [0.1, 0.15) is 0 Å². The van der Waals surface area contributed by atoms with Crippen LogP contribution in [0.1, 0.15) is 31.7 Å². The molecule has 0 bridgehead atoms. The van der Waals surface area contributed by atoms with Crippen molar-refractivity contribution in [1.29, 1.82) is 0 Å². The first-order chi connectivity index (χ1) is 7.86. The first-order valence-electron chi connectivity index (χ1n) is 6.09. The number of aliphatic hydroxyl groups excluding tert-OH is 1. The predicted octanol–water partition coefficient (Wildman–Crippen LogP) is 3.00. The molecule has 0 aliphatic carbocycles. The van der Waals surface area contributed by atoms with E-state index in [4.69, 9.17) is 9.84 Å². The Labute approximate surface area is 98.3 Å². The summed E-state index contributed by atoms with van der Waals surface area (Å²) in [6.45, 7) is 3.70. The van der Waals surface area contributed by atoms with Gasteiger partial charge in [0.05, 0.1) is 13.2 Å². The first kappa shape index (κ1) is 13.2. The molecule has 0 saturated carbocycles. The van der Waals surface area contributed by atoms with Crippen LogP contribution in [0.3, 0.4) is 0 Å². The van der Waals surface area contributed by atoms with Gasteiger partial charge in [-0.05, 0) is 12.0 Å². The van der Waals surface area contributed by atoms with Gasteiger partial charge in [-0.2, -0.15) is 0 Å². The average Bonchev–Trinajstić information content (AvgIpc) is 2.35. The summed E-state index contributed by atoms with van der Waals surface area (Å²) in [4.78, 5) is 0. The van der Waals surface area contributed by atoms with Gasteiger partial charge in [-0.1, -0.05) is 50.1 Å². The number of ether oxygens (including phenoxy) is 1. The minimum atomic E-state index is 0.231. The van der Waals surface area contributed by atoms with Crippen LogP contribution >= 0.6 is 0 Å². The molecule has 0 spiro atoms. The SMILES string of the molecule is CCCCC(CO)COCc1ccccc1. The van der Waals surface area contributed by atoms with Gasteiger partial charge < -0.3 is 9.84 Å². The lowest BCUT2D eigenvalue weighted by Gasteiger charge is -2.13. The third kappa shape index (κ3) is 5.29. The summed E-state index contributed by atoms with van der Waals surface area (Å²) in [7, 11) is 0. The number of hydrogen-bond donors (Lipinski definition) is 1. The average molecular weight is 222 g/mol. The van der Waals surface area contributed by atoms with Crippen LogP contribution in [0.4, 0.5) is 0 Å². The molecule has 0 heterocycles. The topological polar surface area (TPSA) is 29.5 Å². The Morgan fingerprint density at radius 3 is 2.62 bits per heavy atom. The highest BCUT2D eigenvalue weighted by Gasteiger charge is 2.06. The number of aliphatic hydroxyl groups is 1. The number of hydrogen-bond acceptors (Lipinski definition) is 2. The van der Waals surface area contributed by atoms with Crippen LogP contribution < -0.4 is 0 Å². The third-order valence-corrected chi connectivity index (χ3v) is 2.69. The van der Waals surface area contributed by atoms with Gasteiger partial charge in [0, 0.05) is 12.5 Å². The van der Waals surface area contributed by atoms with E-state index in [0.717, 1.165) is 6.42 Å². The fourth-order valence-corrected chi connectivity index (χ4v) is 1.64. The van der Waals surface area contributed by atoms with Crippen molar-refractivity contribution in [3.63, 3.8) is 0 Å². The maximum absolute atomic E-state index is 9.17. The molecule has 1 aromatic rings. The minimum Gasteiger partial charge on any atom is -0.396 e. The van der Waals surface area contributed by atoms with Crippen LogP contribution in [0, 0.1) is 5.92 Å². The molecule has 2 nitrogen and oxygen atoms in total. The van der Waals surface area contributed by atoms with Crippen LogP contribution in [0.25, 0.3) is 0 Å². The Hall–Kier alpha value is -0.860. The molecule has 0 aliphatic heterocycles. The van der Waals surface area contributed by atoms with Gasteiger partial charge in [-0.15, -0.1) is 0 Å². The van der Waals surface area contributed by atoms with E-state index < -0.39 is 0 Å². The number of unbranched alkanes of at least 4 members (excludes halogenated alkanes) is 1. The molecule has 0 radical (unpaired) electrons. The molecule has 0 fully saturated rings. The summed E-state index contributed by atoms with van der Waals surface area (Å²) < 4.78 is 5.61. The highest BCUT2D eigenvalue weighted by molar-refractivity contribution is 5.13. The maximum Gasteiger partial charge on any atom is 0.0717 e. The van der Waals surface area contributed by atoms with Gasteiger partial charge in [0.2, 0.25) is 0 Å². The third-order valence-electron chi connectivity index (χ3n) is 2.69. The van der Waals surface area contributed by atoms with Crippen molar-refractivity contribution in [2.45, 2.75) is 32.8 Å². The lowest BCUT2D eigenvalue weighted by molar-refractivity contribution is 0.0587. The molecule has 1 atom stereocenters. The van der Waals surface area contributed by atoms with Gasteiger partial charge in [-0.3, -0.25) is 0 Å². The Morgan fingerprint density at radius 1 is 1.25 bits per heavy atom. The van der Waals surface area contributed by atoms with Crippen LogP contribution in [0.2, 0.25) is 0 Å². The zero-order valence-corrected chi connectivity index (χ0v) is 10.1. The lowest BCUT2D eigenvalue weighted by Crippen LogP contribution is -2.13. The van der Waals surface area contributed by atoms with Crippen LogP contribution in [0.5, 0.6) is 0 Å². The first-order valence-corrected chi connectivity index (χ1v) is 6.09. The van der Waals surface area contributed by atoms with Crippen molar-refractivity contribution in [3.05, 3.63) is 35.9 Å². The van der Waals surface area contributed by atoms with E-state index in [2.05, 4.69) is 19.1 Å². The van der Waals surface area contributed by atoms with Crippen molar-refractivity contribution in [2.24, 2.45) is 5.92 Å². The fourth-order valence-electron chi connectivity index (χ4n) is 1.64. The van der Waals surface area contributed by atoms with E-state index in [1.165, 1.54) is 18.4 Å². The molecule has 0 saturated heterocycles. The zero-order chi connectivity index (χ0) is 11.6. The summed E-state index contributed by atoms with van der Waals surface area (Å²) in [5, 5.41) is 9.17. The summed E-state index contributed by atoms with van der Waals surface area (Å²) in [5.41, 5.74) is 1.19. The van der Waals surface area contributed by atoms with Crippen molar-refractivity contribution in [3.8, 4) is 0 Å². The highest BCUT2D eigenvalue weighted by Crippen LogP contribution is 2.09. The Bertz CT molecular complexity index is 259. The molecule has 2 heteroatoms. The quantitative estimate of drug-likeness (QED) is 0.732. The normalized spacial score (nSPS) is 12.6. The van der Waals surface area contributed by atoms with Crippen molar-refractivity contribution >= 4 is 0 Å². The molecule has 1 rings (SSSR count).